The predicted octanol–water partition coefficient (Wildman–Crippen LogP) is -1.19. The Kier molecular flexibility index (Phi) is 6.03. The smallest absolute Gasteiger partial charge is 0.386 e. The number of hydrogen-bond acceptors (Lipinski definition) is 10. The summed E-state index contributed by atoms with van der Waals surface area (Å²) < 4.78 is 33.2. The third kappa shape index (κ3) is 4.42. The van der Waals surface area contributed by atoms with Crippen LogP contribution in [-0.2, 0) is 23.3 Å². The van der Waals surface area contributed by atoms with Crippen LogP contribution >= 0.6 is 7.82 Å². The third-order valence-corrected chi connectivity index (χ3v) is 4.46. The van der Waals surface area contributed by atoms with Gasteiger partial charge in [0, 0.05) is 7.11 Å². The average molecular weight is 405 g/mol. The lowest BCUT2D eigenvalue weighted by molar-refractivity contribution is -0.0669. The summed E-state index contributed by atoms with van der Waals surface area (Å²) in [5, 5.41) is 10.7. The number of aliphatic hydroxyl groups excluding tert-OH is 1. The van der Waals surface area contributed by atoms with Gasteiger partial charge in [-0.05, 0) is 0 Å². The van der Waals surface area contributed by atoms with E-state index >= 15 is 0 Å². The SMILES string of the molecule is COCCO[C@H]1[C@@H](O)[C@H](n2cnc3c(N)ncnc32)O[C@@H]1COP(=O)(O)O. The second kappa shape index (κ2) is 8.12. The van der Waals surface area contributed by atoms with Crippen LogP contribution in [0.1, 0.15) is 6.23 Å². The van der Waals surface area contributed by atoms with Gasteiger partial charge in [0.25, 0.3) is 0 Å². The molecule has 150 valence electrons. The lowest BCUT2D eigenvalue weighted by Crippen LogP contribution is -2.37. The topological polar surface area (TPSA) is 184 Å². The normalized spacial score (nSPS) is 26.1. The van der Waals surface area contributed by atoms with E-state index in [2.05, 4.69) is 19.5 Å². The predicted molar refractivity (Wildman–Crippen MR) is 89.3 cm³/mol. The number of nitrogens with two attached hydrogens (primary N) is 1. The van der Waals surface area contributed by atoms with E-state index in [4.69, 9.17) is 29.7 Å². The van der Waals surface area contributed by atoms with Crippen molar-refractivity contribution in [1.82, 2.24) is 19.5 Å². The summed E-state index contributed by atoms with van der Waals surface area (Å²) in [5.74, 6) is 0.167. The summed E-state index contributed by atoms with van der Waals surface area (Å²) in [7, 11) is -3.23. The minimum Gasteiger partial charge on any atom is -0.386 e. The molecule has 4 atom stereocenters. The molecule has 0 spiro atoms. The van der Waals surface area contributed by atoms with E-state index in [0.29, 0.717) is 11.2 Å². The molecular weight excluding hydrogens is 385 g/mol. The van der Waals surface area contributed by atoms with Gasteiger partial charge >= 0.3 is 7.82 Å². The molecule has 0 bridgehead atoms. The maximum absolute atomic E-state index is 11.0. The van der Waals surface area contributed by atoms with Gasteiger partial charge < -0.3 is 34.8 Å². The quantitative estimate of drug-likeness (QED) is 0.304. The van der Waals surface area contributed by atoms with Crippen LogP contribution in [0.2, 0.25) is 0 Å². The molecule has 3 heterocycles. The number of hydrogen-bond donors (Lipinski definition) is 4. The molecule has 13 nitrogen and oxygen atoms in total. The Labute approximate surface area is 153 Å². The van der Waals surface area contributed by atoms with Crippen molar-refractivity contribution in [3.05, 3.63) is 12.7 Å². The highest BCUT2D eigenvalue weighted by molar-refractivity contribution is 7.46. The standard InChI is InChI=1S/C13H20N5O8P/c1-23-2-3-24-10-7(4-25-27(20,21)22)26-13(9(10)19)18-6-17-8-11(14)15-5-16-12(8)18/h5-7,9-10,13,19H,2-4H2,1H3,(H2,14,15,16)(H2,20,21,22)/t7-,9-,10-,13-/m1/s1. The van der Waals surface area contributed by atoms with Crippen LogP contribution in [0.15, 0.2) is 12.7 Å². The third-order valence-electron chi connectivity index (χ3n) is 3.98. The van der Waals surface area contributed by atoms with E-state index < -0.39 is 39.0 Å². The fourth-order valence-corrected chi connectivity index (χ4v) is 3.12. The fourth-order valence-electron chi connectivity index (χ4n) is 2.78. The summed E-state index contributed by atoms with van der Waals surface area (Å²) >= 11 is 0. The first kappa shape index (κ1) is 20.0. The number of fused-ring (bicyclic) bond motifs is 1. The molecule has 1 saturated heterocycles. The van der Waals surface area contributed by atoms with Crippen molar-refractivity contribution >= 4 is 24.8 Å². The molecule has 1 aliphatic rings. The number of anilines is 1. The molecule has 14 heteroatoms. The summed E-state index contributed by atoms with van der Waals surface area (Å²) in [6, 6.07) is 0. The molecule has 0 amide bonds. The van der Waals surface area contributed by atoms with Gasteiger partial charge in [0.15, 0.2) is 17.7 Å². The number of ether oxygens (including phenoxy) is 3. The maximum Gasteiger partial charge on any atom is 0.469 e. The van der Waals surface area contributed by atoms with E-state index in [0.717, 1.165) is 0 Å². The van der Waals surface area contributed by atoms with Crippen molar-refractivity contribution in [2.45, 2.75) is 24.5 Å². The minimum atomic E-state index is -4.72. The Morgan fingerprint density at radius 1 is 1.33 bits per heavy atom. The Hall–Kier alpha value is -1.70. The van der Waals surface area contributed by atoms with Gasteiger partial charge in [-0.2, -0.15) is 0 Å². The summed E-state index contributed by atoms with van der Waals surface area (Å²) in [5.41, 5.74) is 6.42. The fraction of sp³-hybridized carbons (Fsp3) is 0.615. The van der Waals surface area contributed by atoms with E-state index in [1.807, 2.05) is 0 Å². The van der Waals surface area contributed by atoms with Crippen LogP contribution in [0.25, 0.3) is 11.2 Å². The van der Waals surface area contributed by atoms with Crippen molar-refractivity contribution < 1.29 is 38.2 Å². The molecular formula is C13H20N5O8P. The van der Waals surface area contributed by atoms with Crippen LogP contribution < -0.4 is 5.73 Å². The number of aromatic nitrogens is 4. The molecule has 0 unspecified atom stereocenters. The van der Waals surface area contributed by atoms with Crippen LogP contribution in [-0.4, -0.2) is 79.7 Å². The van der Waals surface area contributed by atoms with Crippen molar-refractivity contribution in [2.24, 2.45) is 0 Å². The molecule has 0 aliphatic carbocycles. The maximum atomic E-state index is 11.0. The number of aliphatic hydroxyl groups is 1. The number of phosphoric acid groups is 1. The summed E-state index contributed by atoms with van der Waals surface area (Å²) in [6.45, 7) is -0.0858. The Balaban J connectivity index is 1.84. The molecule has 0 radical (unpaired) electrons. The molecule has 2 aromatic rings. The molecule has 3 rings (SSSR count). The first-order chi connectivity index (χ1) is 12.8. The minimum absolute atomic E-state index is 0.139. The molecule has 0 aromatic carbocycles. The van der Waals surface area contributed by atoms with E-state index in [1.165, 1.54) is 24.3 Å². The zero-order valence-electron chi connectivity index (χ0n) is 14.3. The van der Waals surface area contributed by atoms with Gasteiger partial charge in [0.05, 0.1) is 26.1 Å². The van der Waals surface area contributed by atoms with Gasteiger partial charge in [-0.25, -0.2) is 19.5 Å². The Morgan fingerprint density at radius 2 is 2.11 bits per heavy atom. The molecule has 0 saturated carbocycles. The zero-order valence-corrected chi connectivity index (χ0v) is 15.2. The van der Waals surface area contributed by atoms with Gasteiger partial charge in [-0.1, -0.05) is 0 Å². The number of nitrogens with zero attached hydrogens (tertiary/aromatic N) is 4. The Morgan fingerprint density at radius 3 is 2.81 bits per heavy atom. The average Bonchev–Trinajstić information content (AvgIpc) is 3.16. The zero-order chi connectivity index (χ0) is 19.6. The van der Waals surface area contributed by atoms with Gasteiger partial charge in [-0.15, -0.1) is 0 Å². The van der Waals surface area contributed by atoms with Crippen LogP contribution in [0.3, 0.4) is 0 Å². The lowest BCUT2D eigenvalue weighted by atomic mass is 10.1. The van der Waals surface area contributed by atoms with E-state index in [-0.39, 0.29) is 19.0 Å². The summed E-state index contributed by atoms with van der Waals surface area (Å²) in [4.78, 5) is 29.9. The highest BCUT2D eigenvalue weighted by Crippen LogP contribution is 2.39. The van der Waals surface area contributed by atoms with E-state index in [9.17, 15) is 9.67 Å². The number of rotatable bonds is 8. The molecule has 2 aromatic heterocycles. The lowest BCUT2D eigenvalue weighted by Gasteiger charge is -2.20. The van der Waals surface area contributed by atoms with Crippen LogP contribution in [0, 0.1) is 0 Å². The van der Waals surface area contributed by atoms with Gasteiger partial charge in [0.1, 0.15) is 30.2 Å². The number of nitrogen functional groups attached to an aromatic ring is 1. The second-order valence-electron chi connectivity index (χ2n) is 5.75. The van der Waals surface area contributed by atoms with Crippen LogP contribution in [0.4, 0.5) is 5.82 Å². The first-order valence-corrected chi connectivity index (χ1v) is 9.42. The highest BCUT2D eigenvalue weighted by atomic mass is 31.2. The molecule has 1 aliphatic heterocycles. The van der Waals surface area contributed by atoms with Crippen molar-refractivity contribution in [3.63, 3.8) is 0 Å². The van der Waals surface area contributed by atoms with Crippen LogP contribution in [0.5, 0.6) is 0 Å². The molecule has 27 heavy (non-hydrogen) atoms. The number of phosphoric ester groups is 1. The number of imidazole rings is 1. The Bertz CT molecular complexity index is 828. The van der Waals surface area contributed by atoms with Gasteiger partial charge in [0.2, 0.25) is 0 Å². The van der Waals surface area contributed by atoms with Crippen molar-refractivity contribution in [2.75, 3.05) is 32.7 Å². The van der Waals surface area contributed by atoms with Crippen molar-refractivity contribution in [1.29, 1.82) is 0 Å². The monoisotopic (exact) mass is 405 g/mol. The first-order valence-electron chi connectivity index (χ1n) is 7.89. The van der Waals surface area contributed by atoms with Gasteiger partial charge in [-0.3, -0.25) is 9.09 Å². The highest BCUT2D eigenvalue weighted by Gasteiger charge is 2.46. The number of methoxy groups -OCH3 is 1. The molecule has 5 N–H and O–H groups in total. The summed E-state index contributed by atoms with van der Waals surface area (Å²) in [6.07, 6.45) is -1.43. The molecule has 1 fully saturated rings. The van der Waals surface area contributed by atoms with E-state index in [1.54, 1.807) is 0 Å². The second-order valence-corrected chi connectivity index (χ2v) is 6.99. The largest absolute Gasteiger partial charge is 0.469 e. The van der Waals surface area contributed by atoms with Crippen molar-refractivity contribution in [3.8, 4) is 0 Å².